The molecule has 1 aromatic heterocycles. The normalized spacial score (nSPS) is 10.3. The molecular formula is C14H14N2O4. The van der Waals surface area contributed by atoms with Crippen molar-refractivity contribution in [1.82, 2.24) is 9.88 Å². The first kappa shape index (κ1) is 13.8. The van der Waals surface area contributed by atoms with Gasteiger partial charge in [-0.3, -0.25) is 14.6 Å². The third kappa shape index (κ3) is 2.69. The van der Waals surface area contributed by atoms with Gasteiger partial charge in [0, 0.05) is 18.6 Å². The number of nitrogens with zero attached hydrogens (tertiary/aromatic N) is 2. The number of carboxylic acid groups (broad SMARTS) is 1. The van der Waals surface area contributed by atoms with Crippen LogP contribution in [0.4, 0.5) is 0 Å². The Morgan fingerprint density at radius 1 is 1.35 bits per heavy atom. The zero-order valence-corrected chi connectivity index (χ0v) is 11.2. The molecule has 1 aromatic carbocycles. The first-order chi connectivity index (χ1) is 9.52. The molecule has 0 saturated carbocycles. The summed E-state index contributed by atoms with van der Waals surface area (Å²) < 4.78 is 5.13. The van der Waals surface area contributed by atoms with Gasteiger partial charge in [0.25, 0.3) is 5.91 Å². The maximum atomic E-state index is 12.2. The van der Waals surface area contributed by atoms with Crippen molar-refractivity contribution in [3.63, 3.8) is 0 Å². The number of benzene rings is 1. The second-order valence-corrected chi connectivity index (χ2v) is 4.30. The summed E-state index contributed by atoms with van der Waals surface area (Å²) >= 11 is 0. The van der Waals surface area contributed by atoms with E-state index >= 15 is 0 Å². The van der Waals surface area contributed by atoms with Crippen LogP contribution in [-0.4, -0.2) is 47.6 Å². The zero-order valence-electron chi connectivity index (χ0n) is 11.2. The predicted molar refractivity (Wildman–Crippen MR) is 72.9 cm³/mol. The monoisotopic (exact) mass is 274 g/mol. The lowest BCUT2D eigenvalue weighted by Gasteiger charge is -2.15. The highest BCUT2D eigenvalue weighted by atomic mass is 16.5. The van der Waals surface area contributed by atoms with E-state index in [1.165, 1.54) is 13.2 Å². The van der Waals surface area contributed by atoms with Gasteiger partial charge in [-0.15, -0.1) is 0 Å². The van der Waals surface area contributed by atoms with E-state index in [9.17, 15) is 9.59 Å². The van der Waals surface area contributed by atoms with Gasteiger partial charge in [0.05, 0.1) is 7.11 Å². The summed E-state index contributed by atoms with van der Waals surface area (Å²) in [6.45, 7) is -0.368. The minimum Gasteiger partial charge on any atom is -0.497 e. The molecule has 0 aliphatic heterocycles. The molecule has 0 atom stereocenters. The van der Waals surface area contributed by atoms with Crippen molar-refractivity contribution in [3.8, 4) is 5.75 Å². The third-order valence-corrected chi connectivity index (χ3v) is 2.89. The Hall–Kier alpha value is -2.63. The molecule has 0 aliphatic carbocycles. The zero-order chi connectivity index (χ0) is 14.7. The van der Waals surface area contributed by atoms with E-state index in [4.69, 9.17) is 9.84 Å². The van der Waals surface area contributed by atoms with Crippen LogP contribution in [0, 0.1) is 0 Å². The van der Waals surface area contributed by atoms with E-state index in [0.29, 0.717) is 11.1 Å². The number of fused-ring (bicyclic) bond motifs is 1. The Morgan fingerprint density at radius 3 is 2.75 bits per heavy atom. The summed E-state index contributed by atoms with van der Waals surface area (Å²) in [6, 6.07) is 7.04. The number of hydrogen-bond donors (Lipinski definition) is 1. The molecule has 2 rings (SSSR count). The van der Waals surface area contributed by atoms with Gasteiger partial charge in [0.1, 0.15) is 18.0 Å². The number of carboxylic acids is 1. The molecule has 1 heterocycles. The van der Waals surface area contributed by atoms with Crippen molar-refractivity contribution < 1.29 is 19.4 Å². The molecule has 6 heteroatoms. The Labute approximate surface area is 115 Å². The number of ether oxygens (including phenoxy) is 1. The summed E-state index contributed by atoms with van der Waals surface area (Å²) in [6.07, 6.45) is 1.52. The van der Waals surface area contributed by atoms with Crippen molar-refractivity contribution >= 4 is 22.6 Å². The number of hydrogen-bond acceptors (Lipinski definition) is 4. The molecule has 0 fully saturated rings. The molecule has 20 heavy (non-hydrogen) atoms. The van der Waals surface area contributed by atoms with Crippen molar-refractivity contribution in [1.29, 1.82) is 0 Å². The topological polar surface area (TPSA) is 79.7 Å². The molecule has 104 valence electrons. The molecule has 0 saturated heterocycles. The predicted octanol–water partition coefficient (Wildman–Crippen LogP) is 1.40. The highest BCUT2D eigenvalue weighted by Crippen LogP contribution is 2.23. The number of likely N-dealkylation sites (N-methyl/N-ethyl adjacent to an activating group) is 1. The van der Waals surface area contributed by atoms with Crippen LogP contribution < -0.4 is 4.74 Å². The average molecular weight is 274 g/mol. The van der Waals surface area contributed by atoms with Gasteiger partial charge in [-0.25, -0.2) is 0 Å². The Balaban J connectivity index is 2.44. The first-order valence-corrected chi connectivity index (χ1v) is 5.93. The van der Waals surface area contributed by atoms with E-state index in [1.54, 1.807) is 31.4 Å². The lowest BCUT2D eigenvalue weighted by atomic mass is 10.1. The summed E-state index contributed by atoms with van der Waals surface area (Å²) in [7, 11) is 3.00. The fraction of sp³-hybridized carbons (Fsp3) is 0.214. The van der Waals surface area contributed by atoms with Crippen LogP contribution in [0.15, 0.2) is 30.5 Å². The number of methoxy groups -OCH3 is 1. The second kappa shape index (κ2) is 5.56. The summed E-state index contributed by atoms with van der Waals surface area (Å²) in [5.74, 6) is -0.813. The number of amides is 1. The van der Waals surface area contributed by atoms with Gasteiger partial charge in [-0.05, 0) is 29.7 Å². The van der Waals surface area contributed by atoms with Crippen LogP contribution >= 0.6 is 0 Å². The molecule has 0 bridgehead atoms. The van der Waals surface area contributed by atoms with Gasteiger partial charge >= 0.3 is 5.97 Å². The smallest absolute Gasteiger partial charge is 0.323 e. The van der Waals surface area contributed by atoms with E-state index in [1.807, 2.05) is 0 Å². The van der Waals surface area contributed by atoms with Gasteiger partial charge in [-0.1, -0.05) is 0 Å². The average Bonchev–Trinajstić information content (AvgIpc) is 2.44. The molecule has 6 nitrogen and oxygen atoms in total. The van der Waals surface area contributed by atoms with Crippen LogP contribution in [0.3, 0.4) is 0 Å². The third-order valence-electron chi connectivity index (χ3n) is 2.89. The Morgan fingerprint density at radius 2 is 2.10 bits per heavy atom. The van der Waals surface area contributed by atoms with Gasteiger partial charge in [0.15, 0.2) is 0 Å². The Kier molecular flexibility index (Phi) is 3.84. The van der Waals surface area contributed by atoms with E-state index in [2.05, 4.69) is 4.98 Å². The number of carbonyl (C=O) groups is 2. The molecule has 1 N–H and O–H groups in total. The first-order valence-electron chi connectivity index (χ1n) is 5.93. The van der Waals surface area contributed by atoms with E-state index in [0.717, 1.165) is 10.3 Å². The van der Waals surface area contributed by atoms with Crippen LogP contribution in [0.5, 0.6) is 5.75 Å². The molecule has 0 radical (unpaired) electrons. The molecule has 1 amide bonds. The molecule has 0 aliphatic rings. The standard InChI is InChI=1S/C14H14N2O4/c1-16(8-12(17)18)14(19)13-11-4-3-10(20-2)7-9(11)5-6-15-13/h3-7H,8H2,1-2H3,(H,17,18). The van der Waals surface area contributed by atoms with Crippen LogP contribution in [0.1, 0.15) is 10.5 Å². The van der Waals surface area contributed by atoms with Crippen LogP contribution in [0.25, 0.3) is 10.8 Å². The quantitative estimate of drug-likeness (QED) is 0.911. The minimum absolute atomic E-state index is 0.230. The fourth-order valence-corrected chi connectivity index (χ4v) is 1.91. The van der Waals surface area contributed by atoms with Crippen LogP contribution in [-0.2, 0) is 4.79 Å². The second-order valence-electron chi connectivity index (χ2n) is 4.30. The summed E-state index contributed by atoms with van der Waals surface area (Å²) in [4.78, 5) is 28.1. The fourth-order valence-electron chi connectivity index (χ4n) is 1.91. The molecule has 2 aromatic rings. The van der Waals surface area contributed by atoms with Crippen LogP contribution in [0.2, 0.25) is 0 Å². The van der Waals surface area contributed by atoms with Crippen molar-refractivity contribution in [3.05, 3.63) is 36.2 Å². The number of carbonyl (C=O) groups excluding carboxylic acids is 1. The van der Waals surface area contributed by atoms with E-state index in [-0.39, 0.29) is 12.2 Å². The van der Waals surface area contributed by atoms with Crippen molar-refractivity contribution in [2.24, 2.45) is 0 Å². The molecule has 0 spiro atoms. The lowest BCUT2D eigenvalue weighted by Crippen LogP contribution is -2.32. The Bertz CT molecular complexity index is 669. The summed E-state index contributed by atoms with van der Waals surface area (Å²) in [5.41, 5.74) is 0.230. The number of aliphatic carboxylic acids is 1. The maximum Gasteiger partial charge on any atom is 0.323 e. The largest absolute Gasteiger partial charge is 0.497 e. The highest BCUT2D eigenvalue weighted by molar-refractivity contribution is 6.05. The SMILES string of the molecule is COc1ccc2c(C(=O)N(C)CC(=O)O)nccc2c1. The molecular weight excluding hydrogens is 260 g/mol. The van der Waals surface area contributed by atoms with Gasteiger partial charge < -0.3 is 14.7 Å². The number of rotatable bonds is 4. The summed E-state index contributed by atoms with van der Waals surface area (Å²) in [5, 5.41) is 10.2. The number of pyridine rings is 1. The van der Waals surface area contributed by atoms with Crippen molar-refractivity contribution in [2.75, 3.05) is 20.7 Å². The van der Waals surface area contributed by atoms with E-state index < -0.39 is 11.9 Å². The molecule has 0 unspecified atom stereocenters. The minimum atomic E-state index is -1.07. The maximum absolute atomic E-state index is 12.2. The van der Waals surface area contributed by atoms with Gasteiger partial charge in [0.2, 0.25) is 0 Å². The van der Waals surface area contributed by atoms with Crippen molar-refractivity contribution in [2.45, 2.75) is 0 Å². The van der Waals surface area contributed by atoms with Gasteiger partial charge in [-0.2, -0.15) is 0 Å². The highest BCUT2D eigenvalue weighted by Gasteiger charge is 2.18. The number of aromatic nitrogens is 1. The lowest BCUT2D eigenvalue weighted by molar-refractivity contribution is -0.137.